The molecule has 0 amide bonds. The van der Waals surface area contributed by atoms with Crippen molar-refractivity contribution < 1.29 is 44.7 Å². The SMILES string of the molecule is [2H]C1=C([2H])[C@]([2H])(C)[C@H](CCC2C[C@@H](O)C([2H])([2H])C(=O)O2)[C@@H]2C1=C([2H])[C@]([2H])(C)C([2H])([2H])C2OC(=O)C(CC)(C([2H])([2H])[2H])C([2H])([2H])[2H]. The number of hydrogen-bond donors (Lipinski definition) is 1. The van der Waals surface area contributed by atoms with E-state index in [1.165, 1.54) is 6.92 Å². The van der Waals surface area contributed by atoms with Crippen molar-refractivity contribution >= 4 is 11.9 Å². The quantitative estimate of drug-likeness (QED) is 0.621. The average molecular weight is 434 g/mol. The van der Waals surface area contributed by atoms with Gasteiger partial charge >= 0.3 is 11.9 Å². The van der Waals surface area contributed by atoms with Gasteiger partial charge in [0, 0.05) is 28.8 Å². The second-order valence-electron chi connectivity index (χ2n) is 7.96. The van der Waals surface area contributed by atoms with E-state index in [1.807, 2.05) is 0 Å². The van der Waals surface area contributed by atoms with E-state index in [0.29, 0.717) is 0 Å². The third-order valence-corrected chi connectivity index (χ3v) is 5.68. The number of carbonyl (C=O) groups excluding carboxylic acids is 2. The molecular weight excluding hydrogens is 380 g/mol. The van der Waals surface area contributed by atoms with Crippen LogP contribution in [0.4, 0.5) is 0 Å². The van der Waals surface area contributed by atoms with E-state index in [4.69, 9.17) is 30.0 Å². The summed E-state index contributed by atoms with van der Waals surface area (Å²) in [5, 5.41) is 10.2. The van der Waals surface area contributed by atoms with Gasteiger partial charge in [-0.2, -0.15) is 0 Å². The summed E-state index contributed by atoms with van der Waals surface area (Å²) < 4.78 is 135. The molecule has 1 fully saturated rings. The summed E-state index contributed by atoms with van der Waals surface area (Å²) in [7, 11) is 0. The number of ether oxygens (including phenoxy) is 2. The van der Waals surface area contributed by atoms with E-state index in [2.05, 4.69) is 0 Å². The molecule has 1 N–H and O–H groups in total. The largest absolute Gasteiger partial charge is 0.462 e. The average Bonchev–Trinajstić information content (AvgIpc) is 2.86. The topological polar surface area (TPSA) is 72.8 Å². The molecule has 7 atom stereocenters. The number of allylic oxidation sites excluding steroid dienone is 3. The number of esters is 2. The van der Waals surface area contributed by atoms with E-state index >= 15 is 0 Å². The molecule has 0 radical (unpaired) electrons. The number of fused-ring (bicyclic) bond motifs is 1. The zero-order chi connectivity index (χ0) is 35.1. The third kappa shape index (κ3) is 5.16. The molecule has 2 aliphatic carbocycles. The van der Waals surface area contributed by atoms with E-state index in [1.54, 1.807) is 0 Å². The Morgan fingerprint density at radius 1 is 1.47 bits per heavy atom. The van der Waals surface area contributed by atoms with Crippen molar-refractivity contribution in [2.24, 2.45) is 29.0 Å². The number of aliphatic hydroxyl groups is 1. The van der Waals surface area contributed by atoms with E-state index in [9.17, 15) is 14.7 Å². The number of aliphatic hydroxyl groups excluding tert-OH is 1. The van der Waals surface area contributed by atoms with Gasteiger partial charge < -0.3 is 14.6 Å². The van der Waals surface area contributed by atoms with Gasteiger partial charge in [0.25, 0.3) is 0 Å². The normalized spacial score (nSPS) is 53.9. The lowest BCUT2D eigenvalue weighted by molar-refractivity contribution is -0.166. The fraction of sp³-hybridized carbons (Fsp3) is 0.760. The molecular formula is C25H38O5. The molecule has 0 saturated carbocycles. The van der Waals surface area contributed by atoms with Crippen LogP contribution in [0.25, 0.3) is 0 Å². The van der Waals surface area contributed by atoms with Crippen LogP contribution in [0.5, 0.6) is 0 Å². The fourth-order valence-electron chi connectivity index (χ4n) is 3.91. The summed E-state index contributed by atoms with van der Waals surface area (Å²) in [5.41, 5.74) is -3.53. The first-order valence-electron chi connectivity index (χ1n) is 17.6. The van der Waals surface area contributed by atoms with Gasteiger partial charge in [0.15, 0.2) is 0 Å². The van der Waals surface area contributed by atoms with Crippen molar-refractivity contribution in [2.45, 2.75) is 91.2 Å². The maximum atomic E-state index is 13.8. The molecule has 30 heavy (non-hydrogen) atoms. The highest BCUT2D eigenvalue weighted by atomic mass is 16.6. The lowest BCUT2D eigenvalue weighted by Crippen LogP contribution is -2.43. The maximum absolute atomic E-state index is 13.8. The summed E-state index contributed by atoms with van der Waals surface area (Å²) in [4.78, 5) is 26.0. The second kappa shape index (κ2) is 9.25. The summed E-state index contributed by atoms with van der Waals surface area (Å²) in [6, 6.07) is -2.06. The summed E-state index contributed by atoms with van der Waals surface area (Å²) >= 11 is 0. The van der Waals surface area contributed by atoms with Crippen LogP contribution in [0.2, 0.25) is 0 Å². The zero-order valence-corrected chi connectivity index (χ0v) is 17.3. The molecule has 1 heterocycles. The summed E-state index contributed by atoms with van der Waals surface area (Å²) in [6.45, 7) is -3.59. The molecule has 0 spiro atoms. The first kappa shape index (κ1) is 10.3. The van der Waals surface area contributed by atoms with Crippen molar-refractivity contribution in [1.29, 1.82) is 0 Å². The predicted octanol–water partition coefficient (Wildman–Crippen LogP) is 4.59. The van der Waals surface area contributed by atoms with Crippen LogP contribution < -0.4 is 0 Å². The molecule has 5 heteroatoms. The van der Waals surface area contributed by atoms with Gasteiger partial charge in [0.1, 0.15) is 12.2 Å². The molecule has 0 aromatic heterocycles. The van der Waals surface area contributed by atoms with Gasteiger partial charge in [-0.1, -0.05) is 38.9 Å². The maximum Gasteiger partial charge on any atom is 0.311 e. The van der Waals surface area contributed by atoms with Gasteiger partial charge in [-0.15, -0.1) is 0 Å². The summed E-state index contributed by atoms with van der Waals surface area (Å²) in [6.07, 6.45) is -12.3. The van der Waals surface area contributed by atoms with Crippen LogP contribution in [0.3, 0.4) is 0 Å². The highest BCUT2D eigenvalue weighted by molar-refractivity contribution is 5.76. The summed E-state index contributed by atoms with van der Waals surface area (Å²) in [5.74, 6) is -10.7. The fourth-order valence-corrected chi connectivity index (χ4v) is 3.91. The molecule has 0 bridgehead atoms. The van der Waals surface area contributed by atoms with Crippen molar-refractivity contribution in [3.63, 3.8) is 0 Å². The van der Waals surface area contributed by atoms with Gasteiger partial charge in [0.2, 0.25) is 0 Å². The lowest BCUT2D eigenvalue weighted by Gasteiger charge is -2.44. The molecule has 0 aromatic carbocycles. The standard InChI is InChI=1S/C25H38O5/c1-6-25(4,5)24(28)30-21-12-15(2)11-17-8-7-16(3)20(23(17)21)10-9-19-13-18(26)14-22(27)29-19/h7-8,11,15-16,18-21,23,26H,6,9-10,12-14H2,1-5H3/t15-,16-,18+,19?,20-,21?,23-/m0/s1/i4D3,5D3,7D,8D,11D,12D2,14D2,15D,16D. The van der Waals surface area contributed by atoms with Gasteiger partial charge in [-0.05, 0) is 62.6 Å². The first-order chi connectivity index (χ1) is 20.1. The Kier molecular flexibility index (Phi) is 3.19. The number of cyclic esters (lactones) is 1. The monoisotopic (exact) mass is 433 g/mol. The van der Waals surface area contributed by atoms with Gasteiger partial charge in [0.05, 0.1) is 22.0 Å². The molecule has 0 aromatic rings. The Balaban J connectivity index is 2.21. The molecule has 5 nitrogen and oxygen atoms in total. The molecule has 3 rings (SSSR count). The molecule has 2 unspecified atom stereocenters. The van der Waals surface area contributed by atoms with E-state index < -0.39 is 116 Å². The zero-order valence-electron chi connectivity index (χ0n) is 32.3. The molecule has 3 aliphatic rings. The van der Waals surface area contributed by atoms with E-state index in [0.717, 1.165) is 13.8 Å². The number of rotatable bonds is 6. The predicted molar refractivity (Wildman–Crippen MR) is 115 cm³/mol. The van der Waals surface area contributed by atoms with Crippen molar-refractivity contribution in [2.75, 3.05) is 0 Å². The minimum atomic E-state index is -3.46. The molecule has 1 saturated heterocycles. The van der Waals surface area contributed by atoms with Crippen LogP contribution >= 0.6 is 0 Å². The van der Waals surface area contributed by atoms with Crippen molar-refractivity contribution in [3.8, 4) is 0 Å². The van der Waals surface area contributed by atoms with Crippen LogP contribution in [0.15, 0.2) is 23.7 Å². The smallest absolute Gasteiger partial charge is 0.311 e. The van der Waals surface area contributed by atoms with Crippen LogP contribution in [-0.4, -0.2) is 35.4 Å². The second-order valence-corrected chi connectivity index (χ2v) is 7.96. The minimum absolute atomic E-state index is 0.180. The highest BCUT2D eigenvalue weighted by Crippen LogP contribution is 2.45. The van der Waals surface area contributed by atoms with Crippen LogP contribution in [0.1, 0.15) is 93.5 Å². The van der Waals surface area contributed by atoms with Crippen molar-refractivity contribution in [3.05, 3.63) is 23.7 Å². The van der Waals surface area contributed by atoms with Crippen molar-refractivity contribution in [1.82, 2.24) is 0 Å². The molecule has 168 valence electrons. The van der Waals surface area contributed by atoms with Crippen LogP contribution in [-0.2, 0) is 19.1 Å². The Labute approximate surface area is 202 Å². The minimum Gasteiger partial charge on any atom is -0.462 e. The Hall–Kier alpha value is -1.62. The van der Waals surface area contributed by atoms with Gasteiger partial charge in [-0.3, -0.25) is 9.59 Å². The third-order valence-electron chi connectivity index (χ3n) is 5.68. The van der Waals surface area contributed by atoms with Gasteiger partial charge in [-0.25, -0.2) is 0 Å². The van der Waals surface area contributed by atoms with E-state index in [-0.39, 0.29) is 19.3 Å². The molecule has 1 aliphatic heterocycles. The Morgan fingerprint density at radius 3 is 2.90 bits per heavy atom. The lowest BCUT2D eigenvalue weighted by atomic mass is 9.65. The number of hydrogen-bond acceptors (Lipinski definition) is 5. The number of carbonyl (C=O) groups is 2. The Morgan fingerprint density at radius 2 is 2.23 bits per heavy atom. The highest BCUT2D eigenvalue weighted by Gasteiger charge is 2.43. The Bertz CT molecular complexity index is 1270. The van der Waals surface area contributed by atoms with Crippen LogP contribution in [0, 0.1) is 29.0 Å². The first-order valence-corrected chi connectivity index (χ1v) is 10.1.